The van der Waals surface area contributed by atoms with Crippen LogP contribution in [0.1, 0.15) is 39.5 Å². The Balaban J connectivity index is 2.37. The van der Waals surface area contributed by atoms with Crippen molar-refractivity contribution >= 4 is 27.5 Å². The van der Waals surface area contributed by atoms with E-state index in [-0.39, 0.29) is 11.3 Å². The standard InChI is InChI=1S/C15H21BrN2O/c1-14(2)8-3-4-9-15(14,13(17)19)18-12-7-5-6-11(16)10-12/h5-7,10,18H,3-4,8-9H2,1-2H3,(H2,17,19). The molecule has 1 aliphatic rings. The normalized spacial score (nSPS) is 25.8. The smallest absolute Gasteiger partial charge is 0.243 e. The number of nitrogens with two attached hydrogens (primary N) is 1. The fourth-order valence-electron chi connectivity index (χ4n) is 3.07. The van der Waals surface area contributed by atoms with Crippen LogP contribution in [0.4, 0.5) is 5.69 Å². The lowest BCUT2D eigenvalue weighted by Crippen LogP contribution is -2.61. The Morgan fingerprint density at radius 1 is 1.32 bits per heavy atom. The molecule has 1 aromatic rings. The van der Waals surface area contributed by atoms with Crippen LogP contribution in [0.2, 0.25) is 0 Å². The highest BCUT2D eigenvalue weighted by Crippen LogP contribution is 2.45. The quantitative estimate of drug-likeness (QED) is 0.890. The minimum atomic E-state index is -0.661. The molecule has 0 aliphatic heterocycles. The lowest BCUT2D eigenvalue weighted by molar-refractivity contribution is -0.127. The number of hydrogen-bond donors (Lipinski definition) is 2. The second kappa shape index (κ2) is 5.16. The number of primary amides is 1. The van der Waals surface area contributed by atoms with Gasteiger partial charge in [0.15, 0.2) is 0 Å². The van der Waals surface area contributed by atoms with Crippen molar-refractivity contribution < 1.29 is 4.79 Å². The second-order valence-electron chi connectivity index (χ2n) is 6.00. The molecular weight excluding hydrogens is 304 g/mol. The zero-order valence-electron chi connectivity index (χ0n) is 11.5. The van der Waals surface area contributed by atoms with Gasteiger partial charge in [-0.1, -0.05) is 48.7 Å². The van der Waals surface area contributed by atoms with Gasteiger partial charge in [0.05, 0.1) is 0 Å². The van der Waals surface area contributed by atoms with Crippen molar-refractivity contribution in [3.63, 3.8) is 0 Å². The van der Waals surface area contributed by atoms with Gasteiger partial charge in [0.25, 0.3) is 0 Å². The zero-order chi connectivity index (χ0) is 14.1. The van der Waals surface area contributed by atoms with Crippen LogP contribution in [0, 0.1) is 5.41 Å². The van der Waals surface area contributed by atoms with E-state index in [1.54, 1.807) is 0 Å². The highest BCUT2D eigenvalue weighted by atomic mass is 79.9. The summed E-state index contributed by atoms with van der Waals surface area (Å²) in [5.41, 5.74) is 5.88. The van der Waals surface area contributed by atoms with Gasteiger partial charge < -0.3 is 11.1 Å². The van der Waals surface area contributed by atoms with Gasteiger partial charge in [0, 0.05) is 10.2 Å². The van der Waals surface area contributed by atoms with Crippen LogP contribution in [0.5, 0.6) is 0 Å². The number of anilines is 1. The van der Waals surface area contributed by atoms with Crippen molar-refractivity contribution in [2.75, 3.05) is 5.32 Å². The van der Waals surface area contributed by atoms with Crippen molar-refractivity contribution in [3.05, 3.63) is 28.7 Å². The van der Waals surface area contributed by atoms with E-state index in [1.807, 2.05) is 24.3 Å². The Labute approximate surface area is 123 Å². The van der Waals surface area contributed by atoms with E-state index in [9.17, 15) is 4.79 Å². The van der Waals surface area contributed by atoms with Crippen molar-refractivity contribution in [2.24, 2.45) is 11.1 Å². The molecule has 0 heterocycles. The van der Waals surface area contributed by atoms with Crippen LogP contribution >= 0.6 is 15.9 Å². The molecule has 0 radical (unpaired) electrons. The molecule has 0 aromatic heterocycles. The lowest BCUT2D eigenvalue weighted by atomic mass is 9.62. The summed E-state index contributed by atoms with van der Waals surface area (Å²) < 4.78 is 0.991. The van der Waals surface area contributed by atoms with Gasteiger partial charge in [0.2, 0.25) is 5.91 Å². The third-order valence-electron chi connectivity index (χ3n) is 4.36. The SMILES string of the molecule is CC1(C)CCCCC1(Nc1cccc(Br)c1)C(N)=O. The average molecular weight is 325 g/mol. The summed E-state index contributed by atoms with van der Waals surface area (Å²) in [6.07, 6.45) is 3.99. The largest absolute Gasteiger partial charge is 0.371 e. The van der Waals surface area contributed by atoms with E-state index in [4.69, 9.17) is 5.73 Å². The zero-order valence-corrected chi connectivity index (χ0v) is 13.1. The molecule has 1 saturated carbocycles. The Bertz CT molecular complexity index is 487. The van der Waals surface area contributed by atoms with Gasteiger partial charge in [-0.3, -0.25) is 4.79 Å². The highest BCUT2D eigenvalue weighted by Gasteiger charge is 2.51. The summed E-state index contributed by atoms with van der Waals surface area (Å²) in [7, 11) is 0. The predicted molar refractivity (Wildman–Crippen MR) is 81.9 cm³/mol. The molecule has 1 aliphatic carbocycles. The van der Waals surface area contributed by atoms with Crippen LogP contribution in [-0.2, 0) is 4.79 Å². The molecule has 19 heavy (non-hydrogen) atoms. The first-order valence-corrected chi connectivity index (χ1v) is 7.50. The minimum Gasteiger partial charge on any atom is -0.371 e. The molecule has 0 spiro atoms. The van der Waals surface area contributed by atoms with Crippen LogP contribution in [0.15, 0.2) is 28.7 Å². The Morgan fingerprint density at radius 2 is 2.00 bits per heavy atom. The van der Waals surface area contributed by atoms with E-state index in [0.717, 1.165) is 35.8 Å². The molecule has 4 heteroatoms. The minimum absolute atomic E-state index is 0.139. The van der Waals surface area contributed by atoms with Crippen LogP contribution in [-0.4, -0.2) is 11.4 Å². The van der Waals surface area contributed by atoms with Crippen LogP contribution in [0.3, 0.4) is 0 Å². The number of carbonyl (C=O) groups excluding carboxylic acids is 1. The third-order valence-corrected chi connectivity index (χ3v) is 4.86. The topological polar surface area (TPSA) is 55.1 Å². The Kier molecular flexibility index (Phi) is 3.90. The van der Waals surface area contributed by atoms with E-state index >= 15 is 0 Å². The Morgan fingerprint density at radius 3 is 2.58 bits per heavy atom. The van der Waals surface area contributed by atoms with E-state index in [0.29, 0.717) is 0 Å². The van der Waals surface area contributed by atoms with Crippen LogP contribution in [0.25, 0.3) is 0 Å². The van der Waals surface area contributed by atoms with Gasteiger partial charge in [-0.25, -0.2) is 0 Å². The fourth-order valence-corrected chi connectivity index (χ4v) is 3.47. The second-order valence-corrected chi connectivity index (χ2v) is 6.91. The number of carbonyl (C=O) groups is 1. The number of nitrogens with one attached hydrogen (secondary N) is 1. The Hall–Kier alpha value is -1.03. The fraction of sp³-hybridized carbons (Fsp3) is 0.533. The molecule has 3 nitrogen and oxygen atoms in total. The van der Waals surface area contributed by atoms with Gasteiger partial charge in [-0.15, -0.1) is 0 Å². The van der Waals surface area contributed by atoms with Crippen molar-refractivity contribution in [2.45, 2.75) is 45.1 Å². The number of rotatable bonds is 3. The summed E-state index contributed by atoms with van der Waals surface area (Å²) in [4.78, 5) is 12.1. The summed E-state index contributed by atoms with van der Waals surface area (Å²) in [5, 5.41) is 3.42. The highest BCUT2D eigenvalue weighted by molar-refractivity contribution is 9.10. The van der Waals surface area contributed by atoms with Crippen LogP contribution < -0.4 is 11.1 Å². The van der Waals surface area contributed by atoms with Crippen molar-refractivity contribution in [1.82, 2.24) is 0 Å². The van der Waals surface area contributed by atoms with Gasteiger partial charge in [-0.05, 0) is 36.5 Å². The maximum atomic E-state index is 12.1. The summed E-state index contributed by atoms with van der Waals surface area (Å²) in [6, 6.07) is 7.88. The number of amides is 1. The summed E-state index contributed by atoms with van der Waals surface area (Å²) >= 11 is 3.45. The first-order chi connectivity index (χ1) is 8.87. The molecule has 1 atom stereocenters. The maximum Gasteiger partial charge on any atom is 0.243 e. The van der Waals surface area contributed by atoms with E-state index < -0.39 is 5.54 Å². The molecule has 1 amide bonds. The molecule has 1 aromatic carbocycles. The maximum absolute atomic E-state index is 12.1. The molecule has 0 bridgehead atoms. The molecule has 1 fully saturated rings. The monoisotopic (exact) mass is 324 g/mol. The first kappa shape index (κ1) is 14.4. The van der Waals surface area contributed by atoms with Crippen molar-refractivity contribution in [1.29, 1.82) is 0 Å². The number of halogens is 1. The first-order valence-electron chi connectivity index (χ1n) is 6.71. The average Bonchev–Trinajstić information content (AvgIpc) is 2.31. The predicted octanol–water partition coefficient (Wildman–Crippen LogP) is 3.69. The van der Waals surface area contributed by atoms with Crippen molar-refractivity contribution in [3.8, 4) is 0 Å². The number of benzene rings is 1. The van der Waals surface area contributed by atoms with Gasteiger partial charge in [-0.2, -0.15) is 0 Å². The third kappa shape index (κ3) is 2.64. The summed E-state index contributed by atoms with van der Waals surface area (Å²) in [5.74, 6) is -0.253. The van der Waals surface area contributed by atoms with Gasteiger partial charge in [0.1, 0.15) is 5.54 Å². The molecule has 0 saturated heterocycles. The molecular formula is C15H21BrN2O. The molecule has 2 rings (SSSR count). The molecule has 3 N–H and O–H groups in total. The van der Waals surface area contributed by atoms with E-state index in [1.165, 1.54) is 0 Å². The van der Waals surface area contributed by atoms with E-state index in [2.05, 4.69) is 35.1 Å². The summed E-state index contributed by atoms with van der Waals surface area (Å²) in [6.45, 7) is 4.25. The molecule has 1 unspecified atom stereocenters. The molecule has 104 valence electrons. The lowest BCUT2D eigenvalue weighted by Gasteiger charge is -2.49. The number of hydrogen-bond acceptors (Lipinski definition) is 2. The van der Waals surface area contributed by atoms with Gasteiger partial charge >= 0.3 is 0 Å².